The van der Waals surface area contributed by atoms with E-state index in [1.54, 1.807) is 0 Å². The number of hydrogen-bond acceptors (Lipinski definition) is 3. The Balaban J connectivity index is 1.95. The predicted molar refractivity (Wildman–Crippen MR) is 71.2 cm³/mol. The summed E-state index contributed by atoms with van der Waals surface area (Å²) in [5.41, 5.74) is 1.09. The molecule has 2 rings (SSSR count). The minimum atomic E-state index is -0.0543. The topological polar surface area (TPSA) is 45.4 Å². The van der Waals surface area contributed by atoms with Gasteiger partial charge < -0.3 is 14.8 Å². The standard InChI is InChI=1S/C15H19NO2/c1-2-13-8-9-14(18-13)10-16-15(11-17)12-6-4-3-5-7-12/h3-9,15-17H,2,10-11H2,1H3/t15-/m1/s1. The number of hydrogen-bond donors (Lipinski definition) is 2. The zero-order chi connectivity index (χ0) is 12.8. The molecule has 0 bridgehead atoms. The van der Waals surface area contributed by atoms with Gasteiger partial charge in [0, 0.05) is 6.42 Å². The molecule has 1 aromatic heterocycles. The highest BCUT2D eigenvalue weighted by atomic mass is 16.3. The Morgan fingerprint density at radius 2 is 1.83 bits per heavy atom. The van der Waals surface area contributed by atoms with E-state index >= 15 is 0 Å². The monoisotopic (exact) mass is 245 g/mol. The van der Waals surface area contributed by atoms with Crippen LogP contribution in [0.2, 0.25) is 0 Å². The van der Waals surface area contributed by atoms with Crippen LogP contribution in [0.3, 0.4) is 0 Å². The molecule has 0 saturated carbocycles. The first-order valence-corrected chi connectivity index (χ1v) is 6.30. The highest BCUT2D eigenvalue weighted by Crippen LogP contribution is 2.14. The molecule has 0 amide bonds. The molecule has 0 saturated heterocycles. The van der Waals surface area contributed by atoms with Gasteiger partial charge in [-0.15, -0.1) is 0 Å². The Morgan fingerprint density at radius 1 is 1.11 bits per heavy atom. The second kappa shape index (κ2) is 6.38. The van der Waals surface area contributed by atoms with Crippen LogP contribution in [0.4, 0.5) is 0 Å². The number of aliphatic hydroxyl groups excluding tert-OH is 1. The highest BCUT2D eigenvalue weighted by molar-refractivity contribution is 5.19. The van der Waals surface area contributed by atoms with Crippen LogP contribution in [0.15, 0.2) is 46.9 Å². The lowest BCUT2D eigenvalue weighted by atomic mass is 10.1. The third-order valence-corrected chi connectivity index (χ3v) is 2.97. The van der Waals surface area contributed by atoms with E-state index in [0.29, 0.717) is 6.54 Å². The summed E-state index contributed by atoms with van der Waals surface area (Å²) in [5.74, 6) is 1.90. The summed E-state index contributed by atoms with van der Waals surface area (Å²) in [6.07, 6.45) is 0.905. The molecular weight excluding hydrogens is 226 g/mol. The van der Waals surface area contributed by atoms with E-state index in [-0.39, 0.29) is 12.6 Å². The van der Waals surface area contributed by atoms with Crippen LogP contribution in [0.1, 0.15) is 30.0 Å². The van der Waals surface area contributed by atoms with Crippen LogP contribution in [-0.2, 0) is 13.0 Å². The average Bonchev–Trinajstić information content (AvgIpc) is 2.89. The van der Waals surface area contributed by atoms with Crippen molar-refractivity contribution in [3.63, 3.8) is 0 Å². The van der Waals surface area contributed by atoms with E-state index in [1.165, 1.54) is 0 Å². The van der Waals surface area contributed by atoms with Crippen molar-refractivity contribution in [1.29, 1.82) is 0 Å². The van der Waals surface area contributed by atoms with Crippen molar-refractivity contribution >= 4 is 0 Å². The van der Waals surface area contributed by atoms with E-state index < -0.39 is 0 Å². The zero-order valence-electron chi connectivity index (χ0n) is 10.6. The minimum Gasteiger partial charge on any atom is -0.465 e. The molecule has 0 aliphatic carbocycles. The molecule has 0 spiro atoms. The fourth-order valence-electron chi connectivity index (χ4n) is 1.90. The third-order valence-electron chi connectivity index (χ3n) is 2.97. The summed E-state index contributed by atoms with van der Waals surface area (Å²) in [4.78, 5) is 0. The molecule has 18 heavy (non-hydrogen) atoms. The van der Waals surface area contributed by atoms with Crippen LogP contribution in [0.5, 0.6) is 0 Å². The summed E-state index contributed by atoms with van der Waals surface area (Å²) in [5, 5.41) is 12.7. The maximum atomic E-state index is 9.42. The van der Waals surface area contributed by atoms with Gasteiger partial charge in [0.15, 0.2) is 0 Å². The van der Waals surface area contributed by atoms with E-state index in [4.69, 9.17) is 4.42 Å². The van der Waals surface area contributed by atoms with E-state index in [2.05, 4.69) is 12.2 Å². The summed E-state index contributed by atoms with van der Waals surface area (Å²) >= 11 is 0. The first-order valence-electron chi connectivity index (χ1n) is 6.30. The van der Waals surface area contributed by atoms with Gasteiger partial charge in [-0.05, 0) is 17.7 Å². The normalized spacial score (nSPS) is 12.6. The Labute approximate surface area is 107 Å². The molecule has 96 valence electrons. The molecule has 0 aliphatic heterocycles. The molecule has 0 fully saturated rings. The molecule has 1 heterocycles. The highest BCUT2D eigenvalue weighted by Gasteiger charge is 2.10. The van der Waals surface area contributed by atoms with Gasteiger partial charge in [-0.3, -0.25) is 0 Å². The molecule has 0 aliphatic rings. The fraction of sp³-hybridized carbons (Fsp3) is 0.333. The Morgan fingerprint density at radius 3 is 2.44 bits per heavy atom. The van der Waals surface area contributed by atoms with Crippen molar-refractivity contribution in [3.8, 4) is 0 Å². The second-order valence-electron chi connectivity index (χ2n) is 4.25. The van der Waals surface area contributed by atoms with E-state index in [9.17, 15) is 5.11 Å². The van der Waals surface area contributed by atoms with Crippen molar-refractivity contribution in [1.82, 2.24) is 5.32 Å². The van der Waals surface area contributed by atoms with Gasteiger partial charge in [-0.2, -0.15) is 0 Å². The third kappa shape index (κ3) is 3.22. The maximum absolute atomic E-state index is 9.42. The maximum Gasteiger partial charge on any atom is 0.117 e. The lowest BCUT2D eigenvalue weighted by Crippen LogP contribution is -2.23. The summed E-state index contributed by atoms with van der Waals surface area (Å²) < 4.78 is 5.62. The summed E-state index contributed by atoms with van der Waals surface area (Å²) in [6.45, 7) is 2.77. The number of rotatable bonds is 6. The van der Waals surface area contributed by atoms with Crippen LogP contribution in [0.25, 0.3) is 0 Å². The fourth-order valence-corrected chi connectivity index (χ4v) is 1.90. The van der Waals surface area contributed by atoms with Gasteiger partial charge >= 0.3 is 0 Å². The quantitative estimate of drug-likeness (QED) is 0.822. The molecule has 3 nitrogen and oxygen atoms in total. The number of aryl methyl sites for hydroxylation is 1. The lowest BCUT2D eigenvalue weighted by molar-refractivity contribution is 0.240. The zero-order valence-corrected chi connectivity index (χ0v) is 10.6. The van der Waals surface area contributed by atoms with Crippen molar-refractivity contribution in [2.24, 2.45) is 0 Å². The van der Waals surface area contributed by atoms with E-state index in [0.717, 1.165) is 23.5 Å². The Kier molecular flexibility index (Phi) is 4.56. The van der Waals surface area contributed by atoms with E-state index in [1.807, 2.05) is 42.5 Å². The number of furan rings is 1. The van der Waals surface area contributed by atoms with Crippen molar-refractivity contribution < 1.29 is 9.52 Å². The molecule has 1 aromatic carbocycles. The van der Waals surface area contributed by atoms with Crippen LogP contribution in [-0.4, -0.2) is 11.7 Å². The smallest absolute Gasteiger partial charge is 0.117 e. The number of benzene rings is 1. The predicted octanol–water partition coefficient (Wildman–Crippen LogP) is 2.67. The Hall–Kier alpha value is -1.58. The molecule has 2 N–H and O–H groups in total. The molecule has 1 atom stereocenters. The largest absolute Gasteiger partial charge is 0.465 e. The second-order valence-corrected chi connectivity index (χ2v) is 4.25. The van der Waals surface area contributed by atoms with Crippen LogP contribution < -0.4 is 5.32 Å². The van der Waals surface area contributed by atoms with Crippen molar-refractivity contribution in [3.05, 3.63) is 59.5 Å². The molecule has 2 aromatic rings. The summed E-state index contributed by atoms with van der Waals surface area (Å²) in [7, 11) is 0. The first kappa shape index (κ1) is 12.9. The average molecular weight is 245 g/mol. The van der Waals surface area contributed by atoms with Gasteiger partial charge in [0.1, 0.15) is 11.5 Å². The van der Waals surface area contributed by atoms with Gasteiger partial charge in [-0.1, -0.05) is 37.3 Å². The molecule has 3 heteroatoms. The minimum absolute atomic E-state index is 0.0543. The SMILES string of the molecule is CCc1ccc(CN[C@H](CO)c2ccccc2)o1. The molecular formula is C15H19NO2. The summed E-state index contributed by atoms with van der Waals surface area (Å²) in [6, 6.07) is 13.8. The van der Waals surface area contributed by atoms with Crippen molar-refractivity contribution in [2.45, 2.75) is 25.9 Å². The number of nitrogens with one attached hydrogen (secondary N) is 1. The van der Waals surface area contributed by atoms with Gasteiger partial charge in [-0.25, -0.2) is 0 Å². The Bertz CT molecular complexity index is 464. The first-order chi connectivity index (χ1) is 8.83. The molecule has 0 unspecified atom stereocenters. The molecule has 0 radical (unpaired) electrons. The van der Waals surface area contributed by atoms with Gasteiger partial charge in [0.05, 0.1) is 19.2 Å². The van der Waals surface area contributed by atoms with Gasteiger partial charge in [0.2, 0.25) is 0 Å². The lowest BCUT2D eigenvalue weighted by Gasteiger charge is -2.15. The number of aliphatic hydroxyl groups is 1. The van der Waals surface area contributed by atoms with Crippen molar-refractivity contribution in [2.75, 3.05) is 6.61 Å². The van der Waals surface area contributed by atoms with Crippen LogP contribution >= 0.6 is 0 Å². The van der Waals surface area contributed by atoms with Crippen LogP contribution in [0, 0.1) is 0 Å². The van der Waals surface area contributed by atoms with Gasteiger partial charge in [0.25, 0.3) is 0 Å².